The van der Waals surface area contributed by atoms with E-state index in [1.807, 2.05) is 49.9 Å². The summed E-state index contributed by atoms with van der Waals surface area (Å²) in [6.45, 7) is 10.2. The summed E-state index contributed by atoms with van der Waals surface area (Å²) < 4.78 is 1.75. The molecule has 1 saturated heterocycles. The standard InChI is InChI=1S/C23H28N6OS/c1-17-8-7-9-18(2)21(17)29-23(24-25-26-29)31-19(3)22(30)28-14-12-27(13-15-28)16-20-10-5-4-6-11-20/h4-11,19H,12-16H2,1-3H3/t19-/m0/s1. The third-order valence-corrected chi connectivity index (χ3v) is 6.68. The van der Waals surface area contributed by atoms with Crippen molar-refractivity contribution in [3.63, 3.8) is 0 Å². The number of para-hydroxylation sites is 1. The van der Waals surface area contributed by atoms with Gasteiger partial charge < -0.3 is 4.90 Å². The van der Waals surface area contributed by atoms with E-state index in [1.165, 1.54) is 17.3 Å². The molecule has 1 fully saturated rings. The lowest BCUT2D eigenvalue weighted by molar-refractivity contribution is -0.132. The van der Waals surface area contributed by atoms with Gasteiger partial charge in [-0.15, -0.1) is 5.10 Å². The molecule has 0 bridgehead atoms. The highest BCUT2D eigenvalue weighted by atomic mass is 32.2. The molecule has 2 aromatic carbocycles. The first-order chi connectivity index (χ1) is 15.0. The minimum absolute atomic E-state index is 0.139. The van der Waals surface area contributed by atoms with Crippen molar-refractivity contribution in [2.45, 2.75) is 37.7 Å². The van der Waals surface area contributed by atoms with Gasteiger partial charge in [-0.05, 0) is 47.9 Å². The molecule has 0 unspecified atom stereocenters. The molecule has 4 rings (SSSR count). The number of carbonyl (C=O) groups excluding carboxylic acids is 1. The van der Waals surface area contributed by atoms with Crippen LogP contribution in [0, 0.1) is 13.8 Å². The first kappa shape index (κ1) is 21.5. The molecule has 1 amide bonds. The topological polar surface area (TPSA) is 67.2 Å². The van der Waals surface area contributed by atoms with Gasteiger partial charge in [-0.2, -0.15) is 4.68 Å². The average molecular weight is 437 g/mol. The van der Waals surface area contributed by atoms with Gasteiger partial charge in [0.25, 0.3) is 0 Å². The van der Waals surface area contributed by atoms with Crippen LogP contribution in [-0.4, -0.2) is 67.3 Å². The van der Waals surface area contributed by atoms with Gasteiger partial charge in [0.1, 0.15) is 0 Å². The van der Waals surface area contributed by atoms with Crippen LogP contribution >= 0.6 is 11.8 Å². The molecule has 1 aliphatic heterocycles. The van der Waals surface area contributed by atoms with Crippen molar-refractivity contribution >= 4 is 17.7 Å². The summed E-state index contributed by atoms with van der Waals surface area (Å²) in [5.41, 5.74) is 4.49. The van der Waals surface area contributed by atoms with Crippen molar-refractivity contribution < 1.29 is 4.79 Å². The molecule has 1 aromatic heterocycles. The number of hydrogen-bond donors (Lipinski definition) is 0. The Labute approximate surface area is 187 Å². The second kappa shape index (κ2) is 9.62. The summed E-state index contributed by atoms with van der Waals surface area (Å²) in [5, 5.41) is 12.6. The highest BCUT2D eigenvalue weighted by Gasteiger charge is 2.27. The van der Waals surface area contributed by atoms with Crippen LogP contribution in [0.25, 0.3) is 5.69 Å². The van der Waals surface area contributed by atoms with Crippen molar-refractivity contribution in [1.82, 2.24) is 30.0 Å². The molecule has 162 valence electrons. The van der Waals surface area contributed by atoms with Crippen LogP contribution in [0.15, 0.2) is 53.7 Å². The van der Waals surface area contributed by atoms with E-state index in [0.717, 1.165) is 49.5 Å². The van der Waals surface area contributed by atoms with Crippen molar-refractivity contribution in [2.24, 2.45) is 0 Å². The summed E-state index contributed by atoms with van der Waals surface area (Å²) in [5.74, 6) is 0.139. The normalized spacial score (nSPS) is 15.8. The molecule has 0 N–H and O–H groups in total. The van der Waals surface area contributed by atoms with E-state index in [0.29, 0.717) is 5.16 Å². The lowest BCUT2D eigenvalue weighted by atomic mass is 10.1. The Bertz CT molecular complexity index is 1010. The molecule has 0 radical (unpaired) electrons. The number of aryl methyl sites for hydroxylation is 2. The third-order valence-electron chi connectivity index (χ3n) is 5.66. The van der Waals surface area contributed by atoms with E-state index in [2.05, 4.69) is 44.7 Å². The fourth-order valence-electron chi connectivity index (χ4n) is 3.97. The zero-order chi connectivity index (χ0) is 21.8. The van der Waals surface area contributed by atoms with Crippen LogP contribution in [0.2, 0.25) is 0 Å². The summed E-state index contributed by atoms with van der Waals surface area (Å²) in [4.78, 5) is 17.4. The fraction of sp³-hybridized carbons (Fsp3) is 0.391. The van der Waals surface area contributed by atoms with Gasteiger partial charge in [-0.1, -0.05) is 60.3 Å². The summed E-state index contributed by atoms with van der Waals surface area (Å²) in [7, 11) is 0. The maximum Gasteiger partial charge on any atom is 0.235 e. The van der Waals surface area contributed by atoms with Gasteiger partial charge in [0.15, 0.2) is 0 Å². The molecule has 0 aliphatic carbocycles. The van der Waals surface area contributed by atoms with Crippen LogP contribution < -0.4 is 0 Å². The number of thioether (sulfide) groups is 1. The molecular formula is C23H28N6OS. The zero-order valence-electron chi connectivity index (χ0n) is 18.2. The van der Waals surface area contributed by atoms with Gasteiger partial charge in [0, 0.05) is 32.7 Å². The number of tetrazole rings is 1. The lowest BCUT2D eigenvalue weighted by Crippen LogP contribution is -2.50. The fourth-order valence-corrected chi connectivity index (χ4v) is 4.84. The molecule has 0 spiro atoms. The van der Waals surface area contributed by atoms with E-state index in [4.69, 9.17) is 0 Å². The Balaban J connectivity index is 1.37. The van der Waals surface area contributed by atoms with Gasteiger partial charge in [0.05, 0.1) is 10.9 Å². The van der Waals surface area contributed by atoms with Crippen LogP contribution in [0.3, 0.4) is 0 Å². The van der Waals surface area contributed by atoms with Gasteiger partial charge >= 0.3 is 0 Å². The third kappa shape index (κ3) is 4.97. The minimum atomic E-state index is -0.255. The van der Waals surface area contributed by atoms with Gasteiger partial charge in [-0.25, -0.2) is 0 Å². The molecule has 2 heterocycles. The molecule has 1 atom stereocenters. The van der Waals surface area contributed by atoms with Crippen LogP contribution in [-0.2, 0) is 11.3 Å². The average Bonchev–Trinajstić information content (AvgIpc) is 3.22. The monoisotopic (exact) mass is 436 g/mol. The predicted octanol–water partition coefficient (Wildman–Crippen LogP) is 3.10. The molecule has 1 aliphatic rings. The minimum Gasteiger partial charge on any atom is -0.339 e. The molecule has 31 heavy (non-hydrogen) atoms. The highest BCUT2D eigenvalue weighted by molar-refractivity contribution is 8.00. The van der Waals surface area contributed by atoms with Gasteiger partial charge in [-0.3, -0.25) is 9.69 Å². The number of rotatable bonds is 6. The van der Waals surface area contributed by atoms with E-state index < -0.39 is 0 Å². The maximum atomic E-state index is 13.1. The molecule has 0 saturated carbocycles. The van der Waals surface area contributed by atoms with E-state index in [1.54, 1.807) is 4.68 Å². The number of piperazine rings is 1. The van der Waals surface area contributed by atoms with E-state index in [-0.39, 0.29) is 11.2 Å². The lowest BCUT2D eigenvalue weighted by Gasteiger charge is -2.35. The Morgan fingerprint density at radius 2 is 1.68 bits per heavy atom. The second-order valence-corrected chi connectivity index (χ2v) is 9.27. The SMILES string of the molecule is Cc1cccc(C)c1-n1nnnc1S[C@@H](C)C(=O)N1CCN(Cc2ccccc2)CC1. The van der Waals surface area contributed by atoms with Crippen LogP contribution in [0.1, 0.15) is 23.6 Å². The summed E-state index contributed by atoms with van der Waals surface area (Å²) in [6, 6.07) is 16.6. The summed E-state index contributed by atoms with van der Waals surface area (Å²) in [6.07, 6.45) is 0. The van der Waals surface area contributed by atoms with E-state index in [9.17, 15) is 4.79 Å². The molecule has 3 aromatic rings. The number of nitrogens with zero attached hydrogens (tertiary/aromatic N) is 6. The Morgan fingerprint density at radius 3 is 2.35 bits per heavy atom. The van der Waals surface area contributed by atoms with Crippen LogP contribution in [0.5, 0.6) is 0 Å². The molecular weight excluding hydrogens is 408 g/mol. The Morgan fingerprint density at radius 1 is 1.00 bits per heavy atom. The zero-order valence-corrected chi connectivity index (χ0v) is 19.0. The van der Waals surface area contributed by atoms with Crippen molar-refractivity contribution in [3.05, 3.63) is 65.2 Å². The first-order valence-electron chi connectivity index (χ1n) is 10.6. The van der Waals surface area contributed by atoms with Crippen molar-refractivity contribution in [3.8, 4) is 5.69 Å². The van der Waals surface area contributed by atoms with Gasteiger partial charge in [0.2, 0.25) is 11.1 Å². The quantitative estimate of drug-likeness (QED) is 0.553. The number of hydrogen-bond acceptors (Lipinski definition) is 6. The maximum absolute atomic E-state index is 13.1. The highest BCUT2D eigenvalue weighted by Crippen LogP contribution is 2.27. The Kier molecular flexibility index (Phi) is 6.67. The summed E-state index contributed by atoms with van der Waals surface area (Å²) >= 11 is 1.42. The second-order valence-electron chi connectivity index (χ2n) is 7.96. The number of carbonyl (C=O) groups is 1. The van der Waals surface area contributed by atoms with Crippen LogP contribution in [0.4, 0.5) is 0 Å². The smallest absolute Gasteiger partial charge is 0.235 e. The predicted molar refractivity (Wildman–Crippen MR) is 122 cm³/mol. The number of amides is 1. The molecule has 8 heteroatoms. The molecule has 7 nitrogen and oxygen atoms in total. The van der Waals surface area contributed by atoms with E-state index >= 15 is 0 Å². The van der Waals surface area contributed by atoms with Crippen molar-refractivity contribution in [2.75, 3.05) is 26.2 Å². The van der Waals surface area contributed by atoms with Crippen molar-refractivity contribution in [1.29, 1.82) is 0 Å². The number of aromatic nitrogens is 4. The largest absolute Gasteiger partial charge is 0.339 e. The first-order valence-corrected chi connectivity index (χ1v) is 11.5. The number of benzene rings is 2. The Hall–Kier alpha value is -2.71.